The van der Waals surface area contributed by atoms with Gasteiger partial charge in [0.2, 0.25) is 10.0 Å². The molecule has 2 aliphatic heterocycles. The molecule has 2 aromatic rings. The number of ether oxygens (including phenoxy) is 1. The van der Waals surface area contributed by atoms with Gasteiger partial charge in [0.15, 0.2) is 0 Å². The Labute approximate surface area is 248 Å². The van der Waals surface area contributed by atoms with E-state index in [9.17, 15) is 18.0 Å². The molecule has 2 aromatic carbocycles. The number of sulfonamides is 1. The zero-order valence-electron chi connectivity index (χ0n) is 23.6. The summed E-state index contributed by atoms with van der Waals surface area (Å²) >= 11 is 6.31. The van der Waals surface area contributed by atoms with Gasteiger partial charge in [-0.1, -0.05) is 24.1 Å². The summed E-state index contributed by atoms with van der Waals surface area (Å²) in [6.45, 7) is 3.64. The third-order valence-corrected chi connectivity index (χ3v) is 12.6. The monoisotopic (exact) mass is 598 g/mol. The Morgan fingerprint density at radius 3 is 2.68 bits per heavy atom. The second kappa shape index (κ2) is 11.3. The molecular weight excluding hydrogens is 560 g/mol. The molecule has 0 saturated heterocycles. The first-order valence-electron chi connectivity index (χ1n) is 15.0. The maximum absolute atomic E-state index is 13.4. The highest BCUT2D eigenvalue weighted by atomic mass is 35.5. The number of nitrogens with zero attached hydrogens (tertiary/aromatic N) is 1. The van der Waals surface area contributed by atoms with E-state index >= 15 is 0 Å². The topological polar surface area (TPSA) is 92.8 Å². The molecule has 5 atom stereocenters. The summed E-state index contributed by atoms with van der Waals surface area (Å²) in [5.74, 6) is 0.757. The van der Waals surface area contributed by atoms with E-state index in [1.54, 1.807) is 25.1 Å². The normalized spacial score (nSPS) is 31.5. The van der Waals surface area contributed by atoms with Crippen molar-refractivity contribution in [3.05, 3.63) is 58.1 Å². The summed E-state index contributed by atoms with van der Waals surface area (Å²) in [4.78, 5) is 27.9. The average molecular weight is 599 g/mol. The number of carbonyl (C=O) groups is 2. The van der Waals surface area contributed by atoms with E-state index in [4.69, 9.17) is 16.3 Å². The van der Waals surface area contributed by atoms with E-state index in [1.807, 2.05) is 18.2 Å². The van der Waals surface area contributed by atoms with Gasteiger partial charge in [-0.15, -0.1) is 0 Å². The largest absolute Gasteiger partial charge is 0.487 e. The number of rotatable bonds is 1. The highest BCUT2D eigenvalue weighted by molar-refractivity contribution is 7.91. The number of aryl methyl sites for hydroxylation is 1. The Balaban J connectivity index is 1.38. The second-order valence-corrected chi connectivity index (χ2v) is 15.2. The molecule has 1 amide bonds. The van der Waals surface area contributed by atoms with E-state index in [0.29, 0.717) is 41.2 Å². The molecule has 2 saturated carbocycles. The zero-order chi connectivity index (χ0) is 28.8. The standard InChI is InChI=1S/C32H39ClN2O5S/c1-32-17-26(32)7-4-6-24(19-36)28-12-9-23(28)18-35-14-3-2-5-21-15-27(33)11-8-25(21)20-40-30-13-10-22(16-29(30)35)31(37)34-41(32,38)39/h8,10-11,13,15-16,19,23-24,26,28H,2-7,9,12,14,17-18,20H2,1H3,(H,34,37). The summed E-state index contributed by atoms with van der Waals surface area (Å²) < 4.78 is 34.5. The average Bonchev–Trinajstić information content (AvgIpc) is 3.61. The predicted octanol–water partition coefficient (Wildman–Crippen LogP) is 5.93. The van der Waals surface area contributed by atoms with E-state index < -0.39 is 20.7 Å². The maximum Gasteiger partial charge on any atom is 0.264 e. The highest BCUT2D eigenvalue weighted by Gasteiger charge is 2.60. The minimum atomic E-state index is -3.86. The molecule has 1 N–H and O–H groups in total. The van der Waals surface area contributed by atoms with Crippen LogP contribution in [0.2, 0.25) is 5.02 Å². The van der Waals surface area contributed by atoms with Crippen LogP contribution in [0.25, 0.3) is 0 Å². The Morgan fingerprint density at radius 2 is 1.90 bits per heavy atom. The molecule has 4 aliphatic rings. The van der Waals surface area contributed by atoms with Crippen molar-refractivity contribution in [2.75, 3.05) is 18.0 Å². The Morgan fingerprint density at radius 1 is 1.05 bits per heavy atom. The minimum absolute atomic E-state index is 0.000684. The number of hydrogen-bond acceptors (Lipinski definition) is 6. The lowest BCUT2D eigenvalue weighted by Crippen LogP contribution is -2.42. The molecule has 9 heteroatoms. The fourth-order valence-corrected chi connectivity index (χ4v) is 8.96. The number of benzene rings is 2. The highest BCUT2D eigenvalue weighted by Crippen LogP contribution is 2.53. The smallest absolute Gasteiger partial charge is 0.264 e. The number of amides is 1. The molecule has 2 fully saturated rings. The van der Waals surface area contributed by atoms with Crippen molar-refractivity contribution in [3.8, 4) is 5.75 Å². The molecule has 2 aliphatic carbocycles. The van der Waals surface area contributed by atoms with E-state index in [-0.39, 0.29) is 11.8 Å². The summed E-state index contributed by atoms with van der Waals surface area (Å²) in [5.41, 5.74) is 3.35. The van der Waals surface area contributed by atoms with Crippen molar-refractivity contribution in [2.45, 2.75) is 76.1 Å². The number of aldehydes is 1. The van der Waals surface area contributed by atoms with Gasteiger partial charge in [-0.25, -0.2) is 13.1 Å². The van der Waals surface area contributed by atoms with Crippen LogP contribution in [0.15, 0.2) is 36.4 Å². The first-order valence-corrected chi connectivity index (χ1v) is 16.9. The van der Waals surface area contributed by atoms with Crippen molar-refractivity contribution in [1.82, 2.24) is 4.72 Å². The molecule has 2 heterocycles. The molecule has 220 valence electrons. The van der Waals surface area contributed by atoms with Crippen LogP contribution >= 0.6 is 11.6 Å². The fourth-order valence-electron chi connectivity index (χ4n) is 7.20. The van der Waals surface area contributed by atoms with Crippen LogP contribution in [0.4, 0.5) is 5.69 Å². The van der Waals surface area contributed by atoms with Gasteiger partial charge in [0, 0.05) is 29.6 Å². The van der Waals surface area contributed by atoms with Gasteiger partial charge in [-0.2, -0.15) is 0 Å². The van der Waals surface area contributed by atoms with Crippen LogP contribution in [-0.2, 0) is 27.8 Å². The van der Waals surface area contributed by atoms with Crippen molar-refractivity contribution in [3.63, 3.8) is 0 Å². The van der Waals surface area contributed by atoms with Crippen LogP contribution in [0.3, 0.4) is 0 Å². The third kappa shape index (κ3) is 5.62. The van der Waals surface area contributed by atoms with Gasteiger partial charge in [0.25, 0.3) is 5.91 Å². The van der Waals surface area contributed by atoms with Gasteiger partial charge in [0.1, 0.15) is 18.6 Å². The second-order valence-electron chi connectivity index (χ2n) is 12.7. The van der Waals surface area contributed by atoms with E-state index in [1.165, 1.54) is 5.56 Å². The van der Waals surface area contributed by atoms with Gasteiger partial charge >= 0.3 is 0 Å². The van der Waals surface area contributed by atoms with Crippen molar-refractivity contribution >= 4 is 39.5 Å². The number of carbonyl (C=O) groups excluding carboxylic acids is 2. The zero-order valence-corrected chi connectivity index (χ0v) is 25.2. The van der Waals surface area contributed by atoms with Crippen molar-refractivity contribution in [2.24, 2.45) is 23.7 Å². The van der Waals surface area contributed by atoms with Gasteiger partial charge < -0.3 is 14.4 Å². The van der Waals surface area contributed by atoms with Crippen LogP contribution < -0.4 is 14.4 Å². The molecule has 0 radical (unpaired) electrons. The number of fused-ring (bicyclic) bond motifs is 4. The third-order valence-electron chi connectivity index (χ3n) is 10.2. The van der Waals surface area contributed by atoms with Crippen LogP contribution in [0.5, 0.6) is 5.75 Å². The maximum atomic E-state index is 13.4. The fraction of sp³-hybridized carbons (Fsp3) is 0.562. The molecule has 0 aromatic heterocycles. The molecular formula is C32H39ClN2O5S. The predicted molar refractivity (Wildman–Crippen MR) is 160 cm³/mol. The quantitative estimate of drug-likeness (QED) is 0.409. The molecule has 7 nitrogen and oxygen atoms in total. The van der Waals surface area contributed by atoms with Gasteiger partial charge in [0.05, 0.1) is 10.4 Å². The molecule has 0 spiro atoms. The van der Waals surface area contributed by atoms with E-state index in [2.05, 4.69) is 9.62 Å². The first-order chi connectivity index (χ1) is 19.7. The van der Waals surface area contributed by atoms with Gasteiger partial charge in [-0.05, 0) is 118 Å². The first kappa shape index (κ1) is 28.5. The lowest BCUT2D eigenvalue weighted by atomic mass is 9.66. The number of hydrogen-bond donors (Lipinski definition) is 1. The van der Waals surface area contributed by atoms with Crippen molar-refractivity contribution in [1.29, 1.82) is 0 Å². The minimum Gasteiger partial charge on any atom is -0.487 e. The lowest BCUT2D eigenvalue weighted by molar-refractivity contribution is -0.115. The lowest BCUT2D eigenvalue weighted by Gasteiger charge is -2.43. The summed E-state index contributed by atoms with van der Waals surface area (Å²) in [6.07, 6.45) is 8.95. The molecule has 5 unspecified atom stereocenters. The summed E-state index contributed by atoms with van der Waals surface area (Å²) in [5, 5.41) is 0.711. The SMILES string of the molecule is CC12CC1CCCC(C=O)C1CCC1CN1CCCCc3cc(Cl)ccc3COc3ccc(cc31)C(=O)NS2(=O)=O. The van der Waals surface area contributed by atoms with Gasteiger partial charge in [-0.3, -0.25) is 4.79 Å². The Hall–Kier alpha value is -2.58. The van der Waals surface area contributed by atoms with E-state index in [0.717, 1.165) is 82.0 Å². The number of halogens is 1. The Kier molecular flexibility index (Phi) is 7.83. The molecule has 41 heavy (non-hydrogen) atoms. The number of anilines is 1. The van der Waals surface area contributed by atoms with Crippen molar-refractivity contribution < 1.29 is 22.7 Å². The summed E-state index contributed by atoms with van der Waals surface area (Å²) in [7, 11) is -3.86. The number of nitrogens with one attached hydrogen (secondary N) is 1. The molecule has 6 rings (SSSR count). The van der Waals surface area contributed by atoms with Crippen LogP contribution in [0, 0.1) is 23.7 Å². The molecule has 2 bridgehead atoms. The Bertz CT molecular complexity index is 1450. The van der Waals surface area contributed by atoms with Crippen LogP contribution in [0.1, 0.15) is 79.8 Å². The summed E-state index contributed by atoms with van der Waals surface area (Å²) in [6, 6.07) is 11.1. The van der Waals surface area contributed by atoms with Crippen LogP contribution in [-0.4, -0.2) is 38.4 Å².